The Hall–Kier alpha value is -0.690. The monoisotopic (exact) mass is 322 g/mol. The van der Waals surface area contributed by atoms with Crippen molar-refractivity contribution in [3.05, 3.63) is 47.5 Å². The standard InChI is InChI=1S/C15H14O5.2Na.2H/c1-19-11-7-3-5-9(14(11)17)13(16)10-6-4-8-12(20-2)15(10)18;;;;/h3-8,17-18H,1-2H3;;;;/q;2*+1;2*-1. The summed E-state index contributed by atoms with van der Waals surface area (Å²) < 4.78 is 9.91. The second kappa shape index (κ2) is 9.45. The molecule has 5 nitrogen and oxygen atoms in total. The Kier molecular flexibility index (Phi) is 9.15. The number of aromatic hydroxyl groups is 2. The van der Waals surface area contributed by atoms with Crippen molar-refractivity contribution in [3.8, 4) is 23.0 Å². The summed E-state index contributed by atoms with van der Waals surface area (Å²) in [6.07, 6.45) is 0. The number of hydrogen-bond acceptors (Lipinski definition) is 5. The van der Waals surface area contributed by atoms with E-state index < -0.39 is 5.78 Å². The van der Waals surface area contributed by atoms with Crippen molar-refractivity contribution in [2.45, 2.75) is 0 Å². The van der Waals surface area contributed by atoms with E-state index >= 15 is 0 Å². The van der Waals surface area contributed by atoms with Crippen LogP contribution in [0.1, 0.15) is 18.8 Å². The molecule has 2 N–H and O–H groups in total. The Morgan fingerprint density at radius 2 is 1.23 bits per heavy atom. The van der Waals surface area contributed by atoms with E-state index in [1.807, 2.05) is 0 Å². The average molecular weight is 322 g/mol. The summed E-state index contributed by atoms with van der Waals surface area (Å²) in [5.41, 5.74) is 0.0980. The largest absolute Gasteiger partial charge is 1.00 e. The number of phenols is 2. The van der Waals surface area contributed by atoms with Gasteiger partial charge >= 0.3 is 59.1 Å². The van der Waals surface area contributed by atoms with E-state index in [-0.39, 0.29) is 96.1 Å². The third-order valence-electron chi connectivity index (χ3n) is 2.93. The van der Waals surface area contributed by atoms with Gasteiger partial charge in [-0.05, 0) is 24.3 Å². The van der Waals surface area contributed by atoms with Crippen molar-refractivity contribution >= 4 is 5.78 Å². The van der Waals surface area contributed by atoms with Crippen molar-refractivity contribution < 1.29 is 86.4 Å². The molecule has 2 aromatic carbocycles. The zero-order chi connectivity index (χ0) is 14.7. The van der Waals surface area contributed by atoms with Gasteiger partial charge in [0.25, 0.3) is 0 Å². The van der Waals surface area contributed by atoms with Crippen molar-refractivity contribution in [2.24, 2.45) is 0 Å². The number of hydrogen-bond donors (Lipinski definition) is 2. The summed E-state index contributed by atoms with van der Waals surface area (Å²) in [6, 6.07) is 9.17. The maximum absolute atomic E-state index is 12.4. The zero-order valence-corrected chi connectivity index (χ0v) is 17.1. The summed E-state index contributed by atoms with van der Waals surface area (Å²) in [4.78, 5) is 12.4. The Bertz CT molecular complexity index is 613. The van der Waals surface area contributed by atoms with E-state index in [4.69, 9.17) is 9.47 Å². The Morgan fingerprint density at radius 3 is 1.55 bits per heavy atom. The minimum atomic E-state index is -0.516. The SMILES string of the molecule is COc1cccc(C(=O)c2cccc(OC)c2O)c1O.[H-].[H-].[Na+].[Na+]. The number of carbonyl (C=O) groups excluding carboxylic acids is 1. The molecule has 0 aliphatic heterocycles. The van der Waals surface area contributed by atoms with Gasteiger partial charge in [-0.3, -0.25) is 4.79 Å². The Balaban J connectivity index is -0.00000110. The van der Waals surface area contributed by atoms with Crippen LogP contribution < -0.4 is 68.6 Å². The molecule has 0 atom stereocenters. The number of benzene rings is 2. The van der Waals surface area contributed by atoms with Gasteiger partial charge < -0.3 is 22.5 Å². The molecule has 0 heterocycles. The molecular formula is C15H16Na2O5. The average Bonchev–Trinajstić information content (AvgIpc) is 2.47. The van der Waals surface area contributed by atoms with Gasteiger partial charge in [-0.15, -0.1) is 0 Å². The number of carbonyl (C=O) groups is 1. The molecule has 0 saturated heterocycles. The van der Waals surface area contributed by atoms with Gasteiger partial charge in [0, 0.05) is 0 Å². The fourth-order valence-electron chi connectivity index (χ4n) is 1.89. The van der Waals surface area contributed by atoms with Gasteiger partial charge in [0.05, 0.1) is 25.3 Å². The number of ketones is 1. The first-order chi connectivity index (χ1) is 9.60. The predicted molar refractivity (Wildman–Crippen MR) is 75.0 cm³/mol. The summed E-state index contributed by atoms with van der Waals surface area (Å²) in [5, 5.41) is 20.0. The first-order valence-electron chi connectivity index (χ1n) is 5.86. The molecule has 0 saturated carbocycles. The molecule has 0 aliphatic rings. The number of para-hydroxylation sites is 2. The first kappa shape index (κ1) is 21.3. The predicted octanol–water partition coefficient (Wildman–Crippen LogP) is -3.42. The van der Waals surface area contributed by atoms with Crippen LogP contribution in [-0.4, -0.2) is 30.2 Å². The van der Waals surface area contributed by atoms with Crippen LogP contribution in [-0.2, 0) is 0 Å². The molecule has 108 valence electrons. The van der Waals surface area contributed by atoms with Crippen LogP contribution in [0.4, 0.5) is 0 Å². The van der Waals surface area contributed by atoms with Crippen molar-refractivity contribution in [1.82, 2.24) is 0 Å². The molecule has 0 aromatic heterocycles. The number of rotatable bonds is 4. The van der Waals surface area contributed by atoms with Crippen molar-refractivity contribution in [2.75, 3.05) is 14.2 Å². The quantitative estimate of drug-likeness (QED) is 0.453. The van der Waals surface area contributed by atoms with Crippen LogP contribution in [0, 0.1) is 0 Å². The van der Waals surface area contributed by atoms with E-state index in [1.165, 1.54) is 38.5 Å². The van der Waals surface area contributed by atoms with Crippen molar-refractivity contribution in [3.63, 3.8) is 0 Å². The smallest absolute Gasteiger partial charge is 1.00 e. The molecule has 0 spiro atoms. The van der Waals surface area contributed by atoms with Gasteiger partial charge in [0.1, 0.15) is 0 Å². The topological polar surface area (TPSA) is 76.0 Å². The molecule has 0 unspecified atom stereocenters. The molecule has 2 rings (SSSR count). The third kappa shape index (κ3) is 4.19. The second-order valence-electron chi connectivity index (χ2n) is 4.04. The molecule has 2 aromatic rings. The normalized spacial score (nSPS) is 9.18. The summed E-state index contributed by atoms with van der Waals surface area (Å²) >= 11 is 0. The van der Waals surface area contributed by atoms with Gasteiger partial charge in [0.15, 0.2) is 23.0 Å². The van der Waals surface area contributed by atoms with Crippen LogP contribution in [0.15, 0.2) is 36.4 Å². The van der Waals surface area contributed by atoms with Gasteiger partial charge in [-0.1, -0.05) is 12.1 Å². The Labute approximate surface area is 175 Å². The molecule has 0 aliphatic carbocycles. The van der Waals surface area contributed by atoms with Crippen LogP contribution in [0.5, 0.6) is 23.0 Å². The summed E-state index contributed by atoms with van der Waals surface area (Å²) in [7, 11) is 2.79. The van der Waals surface area contributed by atoms with E-state index in [9.17, 15) is 15.0 Å². The van der Waals surface area contributed by atoms with E-state index in [2.05, 4.69) is 0 Å². The fourth-order valence-corrected chi connectivity index (χ4v) is 1.89. The van der Waals surface area contributed by atoms with Crippen LogP contribution in [0.2, 0.25) is 0 Å². The van der Waals surface area contributed by atoms with Crippen LogP contribution >= 0.6 is 0 Å². The molecule has 0 fully saturated rings. The van der Waals surface area contributed by atoms with E-state index in [0.29, 0.717) is 0 Å². The maximum Gasteiger partial charge on any atom is 1.00 e. The summed E-state index contributed by atoms with van der Waals surface area (Å²) in [5.74, 6) is -0.654. The first-order valence-corrected chi connectivity index (χ1v) is 5.86. The van der Waals surface area contributed by atoms with Gasteiger partial charge in [-0.2, -0.15) is 0 Å². The number of ether oxygens (including phenoxy) is 2. The maximum atomic E-state index is 12.4. The number of phenolic OH excluding ortho intramolecular Hbond substituents is 2. The molecular weight excluding hydrogens is 306 g/mol. The fraction of sp³-hybridized carbons (Fsp3) is 0.133. The van der Waals surface area contributed by atoms with Crippen molar-refractivity contribution in [1.29, 1.82) is 0 Å². The molecule has 0 bridgehead atoms. The van der Waals surface area contributed by atoms with Gasteiger partial charge in [-0.25, -0.2) is 0 Å². The third-order valence-corrected chi connectivity index (χ3v) is 2.93. The minimum absolute atomic E-state index is 0. The molecule has 0 radical (unpaired) electrons. The zero-order valence-electron chi connectivity index (χ0n) is 15.1. The molecule has 0 amide bonds. The van der Waals surface area contributed by atoms with Gasteiger partial charge in [0.2, 0.25) is 5.78 Å². The van der Waals surface area contributed by atoms with Crippen LogP contribution in [0.25, 0.3) is 0 Å². The number of methoxy groups -OCH3 is 2. The molecule has 7 heteroatoms. The van der Waals surface area contributed by atoms with Crippen LogP contribution in [0.3, 0.4) is 0 Å². The van der Waals surface area contributed by atoms with E-state index in [1.54, 1.807) is 12.1 Å². The summed E-state index contributed by atoms with van der Waals surface area (Å²) in [6.45, 7) is 0. The van der Waals surface area contributed by atoms with E-state index in [0.717, 1.165) is 0 Å². The Morgan fingerprint density at radius 1 is 0.864 bits per heavy atom. The molecule has 22 heavy (non-hydrogen) atoms. The second-order valence-corrected chi connectivity index (χ2v) is 4.04. The minimum Gasteiger partial charge on any atom is -1.00 e.